The summed E-state index contributed by atoms with van der Waals surface area (Å²) in [7, 11) is 0. The summed E-state index contributed by atoms with van der Waals surface area (Å²) in [6, 6.07) is 6.35. The Bertz CT molecular complexity index is 595. The molecule has 0 atom stereocenters. The average Bonchev–Trinajstić information content (AvgIpc) is 2.40. The number of hydrogen-bond acceptors (Lipinski definition) is 3. The van der Waals surface area contributed by atoms with Gasteiger partial charge in [-0.3, -0.25) is 14.4 Å². The number of carbonyl (C=O) groups excluding carboxylic acids is 3. The largest absolute Gasteiger partial charge is 0.321 e. The first-order chi connectivity index (χ1) is 8.56. The molecule has 0 bridgehead atoms. The summed E-state index contributed by atoms with van der Waals surface area (Å²) in [5.41, 5.74) is 0.339. The van der Waals surface area contributed by atoms with Crippen molar-refractivity contribution < 1.29 is 14.4 Å². The van der Waals surface area contributed by atoms with Crippen LogP contribution in [0.15, 0.2) is 35.0 Å². The first kappa shape index (κ1) is 13.0. The Balaban J connectivity index is 2.50. The Morgan fingerprint density at radius 3 is 2.28 bits per heavy atom. The van der Waals surface area contributed by atoms with Gasteiger partial charge in [-0.25, -0.2) is 0 Å². The van der Waals surface area contributed by atoms with Gasteiger partial charge in [0.1, 0.15) is 10.7 Å². The van der Waals surface area contributed by atoms with Crippen molar-refractivity contribution in [3.8, 4) is 0 Å². The zero-order chi connectivity index (χ0) is 13.3. The standard InChI is InChI=1S/C12H7BrClNO3/c13-5-8(16)15-10-9(14)11(17)6-3-1-2-4-7(6)12(10)18/h1-4H,5H2,(H,15,16). The number of fused-ring (bicyclic) bond motifs is 1. The minimum atomic E-state index is -0.461. The number of nitrogens with one attached hydrogen (secondary N) is 1. The third kappa shape index (κ3) is 2.11. The number of benzene rings is 1. The van der Waals surface area contributed by atoms with E-state index in [-0.39, 0.29) is 27.2 Å². The van der Waals surface area contributed by atoms with Crippen molar-refractivity contribution in [1.29, 1.82) is 0 Å². The lowest BCUT2D eigenvalue weighted by molar-refractivity contribution is -0.117. The third-order valence-electron chi connectivity index (χ3n) is 2.45. The molecule has 0 aliphatic heterocycles. The van der Waals surface area contributed by atoms with E-state index < -0.39 is 17.5 Å². The fraction of sp³-hybridized carbons (Fsp3) is 0.0833. The number of Topliss-reactive ketones (excluding diaryl/α,β-unsaturated/α-hetero) is 2. The van der Waals surface area contributed by atoms with Gasteiger partial charge in [0.05, 0.1) is 5.33 Å². The van der Waals surface area contributed by atoms with E-state index in [0.29, 0.717) is 0 Å². The molecular formula is C12H7BrClNO3. The predicted octanol–water partition coefficient (Wildman–Crippen LogP) is 2.03. The Labute approximate surface area is 116 Å². The number of ketones is 2. The Morgan fingerprint density at radius 2 is 1.72 bits per heavy atom. The molecule has 1 amide bonds. The number of alkyl halides is 1. The molecule has 6 heteroatoms. The maximum atomic E-state index is 12.1. The molecule has 0 saturated carbocycles. The molecule has 0 aromatic heterocycles. The summed E-state index contributed by atoms with van der Waals surface area (Å²) in [4.78, 5) is 35.3. The molecule has 0 spiro atoms. The van der Waals surface area contributed by atoms with Gasteiger partial charge in [0, 0.05) is 11.1 Å². The second-order valence-electron chi connectivity index (χ2n) is 3.57. The molecule has 0 saturated heterocycles. The van der Waals surface area contributed by atoms with Crippen LogP contribution in [0.2, 0.25) is 0 Å². The lowest BCUT2D eigenvalue weighted by Gasteiger charge is -2.17. The van der Waals surface area contributed by atoms with Gasteiger partial charge >= 0.3 is 0 Å². The number of rotatable bonds is 2. The molecule has 1 aromatic carbocycles. The molecule has 1 aliphatic carbocycles. The molecule has 0 unspecified atom stereocenters. The zero-order valence-electron chi connectivity index (χ0n) is 9.00. The molecule has 0 radical (unpaired) electrons. The van der Waals surface area contributed by atoms with E-state index in [1.807, 2.05) is 0 Å². The summed E-state index contributed by atoms with van der Waals surface area (Å²) in [5, 5.41) is 2.09. The highest BCUT2D eigenvalue weighted by atomic mass is 79.9. The summed E-state index contributed by atoms with van der Waals surface area (Å²) in [5.74, 6) is -1.36. The van der Waals surface area contributed by atoms with Crippen LogP contribution < -0.4 is 5.32 Å². The second-order valence-corrected chi connectivity index (χ2v) is 4.51. The van der Waals surface area contributed by atoms with E-state index in [0.717, 1.165) is 0 Å². The van der Waals surface area contributed by atoms with E-state index in [1.54, 1.807) is 12.1 Å². The van der Waals surface area contributed by atoms with Crippen molar-refractivity contribution in [3.05, 3.63) is 46.1 Å². The highest BCUT2D eigenvalue weighted by molar-refractivity contribution is 9.09. The Kier molecular flexibility index (Phi) is 3.63. The molecule has 0 heterocycles. The predicted molar refractivity (Wildman–Crippen MR) is 69.9 cm³/mol. The van der Waals surface area contributed by atoms with Gasteiger partial charge in [-0.1, -0.05) is 51.8 Å². The highest BCUT2D eigenvalue weighted by Crippen LogP contribution is 2.27. The average molecular weight is 329 g/mol. The molecule has 1 N–H and O–H groups in total. The van der Waals surface area contributed by atoms with Crippen molar-refractivity contribution >= 4 is 45.0 Å². The van der Waals surface area contributed by atoms with Crippen molar-refractivity contribution in [2.24, 2.45) is 0 Å². The van der Waals surface area contributed by atoms with Crippen molar-refractivity contribution in [2.75, 3.05) is 5.33 Å². The van der Waals surface area contributed by atoms with Crippen LogP contribution in [-0.4, -0.2) is 22.8 Å². The number of hydrogen-bond donors (Lipinski definition) is 1. The second kappa shape index (κ2) is 5.04. The van der Waals surface area contributed by atoms with Gasteiger partial charge in [-0.15, -0.1) is 0 Å². The monoisotopic (exact) mass is 327 g/mol. The Morgan fingerprint density at radius 1 is 1.17 bits per heavy atom. The van der Waals surface area contributed by atoms with Crippen LogP contribution in [0, 0.1) is 0 Å². The summed E-state index contributed by atoms with van der Waals surface area (Å²) >= 11 is 8.79. The van der Waals surface area contributed by atoms with Crippen molar-refractivity contribution in [2.45, 2.75) is 0 Å². The number of allylic oxidation sites excluding steroid dienone is 2. The van der Waals surface area contributed by atoms with Crippen LogP contribution >= 0.6 is 27.5 Å². The van der Waals surface area contributed by atoms with Crippen LogP contribution in [0.25, 0.3) is 0 Å². The number of halogens is 2. The molecule has 1 aromatic rings. The lowest BCUT2D eigenvalue weighted by Crippen LogP contribution is -2.33. The maximum Gasteiger partial charge on any atom is 0.235 e. The van der Waals surface area contributed by atoms with Gasteiger partial charge < -0.3 is 5.32 Å². The van der Waals surface area contributed by atoms with Gasteiger partial charge in [0.25, 0.3) is 0 Å². The van der Waals surface area contributed by atoms with Crippen molar-refractivity contribution in [1.82, 2.24) is 5.32 Å². The Hall–Kier alpha value is -1.46. The summed E-state index contributed by atoms with van der Waals surface area (Å²) in [6.45, 7) is 0. The fourth-order valence-electron chi connectivity index (χ4n) is 1.63. The van der Waals surface area contributed by atoms with E-state index in [4.69, 9.17) is 11.6 Å². The highest BCUT2D eigenvalue weighted by Gasteiger charge is 2.31. The number of amides is 1. The molecule has 4 nitrogen and oxygen atoms in total. The summed E-state index contributed by atoms with van der Waals surface area (Å²) < 4.78 is 0. The van der Waals surface area contributed by atoms with Gasteiger partial charge in [0.15, 0.2) is 0 Å². The normalized spacial score (nSPS) is 14.6. The van der Waals surface area contributed by atoms with Crippen LogP contribution in [0.5, 0.6) is 0 Å². The van der Waals surface area contributed by atoms with E-state index in [9.17, 15) is 14.4 Å². The van der Waals surface area contributed by atoms with Crippen LogP contribution in [0.1, 0.15) is 20.7 Å². The fourth-order valence-corrected chi connectivity index (χ4v) is 2.00. The van der Waals surface area contributed by atoms with Crippen LogP contribution in [0.4, 0.5) is 0 Å². The van der Waals surface area contributed by atoms with Gasteiger partial charge in [-0.2, -0.15) is 0 Å². The molecule has 92 valence electrons. The third-order valence-corrected chi connectivity index (χ3v) is 3.32. The molecular weight excluding hydrogens is 321 g/mol. The molecule has 1 aliphatic rings. The van der Waals surface area contributed by atoms with Gasteiger partial charge in [0.2, 0.25) is 17.5 Å². The first-order valence-corrected chi connectivity index (χ1v) is 6.50. The lowest BCUT2D eigenvalue weighted by atomic mass is 9.92. The van der Waals surface area contributed by atoms with Crippen LogP contribution in [0.3, 0.4) is 0 Å². The zero-order valence-corrected chi connectivity index (χ0v) is 11.3. The first-order valence-electron chi connectivity index (χ1n) is 5.00. The number of carbonyl (C=O) groups is 3. The minimum absolute atomic E-state index is 0.0176. The smallest absolute Gasteiger partial charge is 0.235 e. The van der Waals surface area contributed by atoms with Crippen molar-refractivity contribution in [3.63, 3.8) is 0 Å². The van der Waals surface area contributed by atoms with Crippen LogP contribution in [-0.2, 0) is 4.79 Å². The maximum absolute atomic E-state index is 12.1. The summed E-state index contributed by atoms with van der Waals surface area (Å²) in [6.07, 6.45) is 0. The van der Waals surface area contributed by atoms with E-state index >= 15 is 0 Å². The topological polar surface area (TPSA) is 63.2 Å². The minimum Gasteiger partial charge on any atom is -0.321 e. The van der Waals surface area contributed by atoms with E-state index in [2.05, 4.69) is 21.2 Å². The molecule has 18 heavy (non-hydrogen) atoms. The SMILES string of the molecule is O=C(CBr)NC1=C(Cl)C(=O)c2ccccc2C1=O. The quantitative estimate of drug-likeness (QED) is 0.845. The van der Waals surface area contributed by atoms with E-state index in [1.165, 1.54) is 12.1 Å². The van der Waals surface area contributed by atoms with Gasteiger partial charge in [-0.05, 0) is 0 Å². The molecule has 0 fully saturated rings. The molecule has 2 rings (SSSR count).